The molecule has 0 aliphatic heterocycles. The first-order chi connectivity index (χ1) is 15.3. The first-order valence-electron chi connectivity index (χ1n) is 11.1. The Balaban J connectivity index is 1.64. The predicted octanol–water partition coefficient (Wildman–Crippen LogP) is 4.02. The lowest BCUT2D eigenvalue weighted by molar-refractivity contribution is -0.132. The zero-order valence-corrected chi connectivity index (χ0v) is 19.8. The van der Waals surface area contributed by atoms with E-state index in [1.807, 2.05) is 79.0 Å². The standard InChI is InChI=1S/C25H31N3O3S/c1-19(2)16-27(32(30,31)24-12-6-9-20-8-4-5-11-23(20)24)18-25(29)28(21-13-14-21)17-22-10-7-15-26(22)3/h4-12,15,19,21H,13-14,16-18H2,1-3H3. The Kier molecular flexibility index (Phi) is 6.40. The molecular formula is C25H31N3O3S. The average molecular weight is 454 g/mol. The molecule has 1 fully saturated rings. The molecule has 32 heavy (non-hydrogen) atoms. The zero-order chi connectivity index (χ0) is 22.9. The first-order valence-corrected chi connectivity index (χ1v) is 12.6. The number of hydrogen-bond donors (Lipinski definition) is 0. The monoisotopic (exact) mass is 453 g/mol. The van der Waals surface area contributed by atoms with E-state index >= 15 is 0 Å². The summed E-state index contributed by atoms with van der Waals surface area (Å²) in [6.45, 7) is 4.58. The minimum Gasteiger partial charge on any atom is -0.353 e. The minimum absolute atomic E-state index is 0.0924. The van der Waals surface area contributed by atoms with Crippen LogP contribution in [0.25, 0.3) is 10.8 Å². The maximum atomic E-state index is 13.7. The molecule has 3 aromatic rings. The smallest absolute Gasteiger partial charge is 0.244 e. The highest BCUT2D eigenvalue weighted by molar-refractivity contribution is 7.89. The Hall–Kier alpha value is -2.64. The number of fused-ring (bicyclic) bond motifs is 1. The molecule has 0 bridgehead atoms. The molecule has 1 aliphatic carbocycles. The lowest BCUT2D eigenvalue weighted by Crippen LogP contribution is -2.45. The summed E-state index contributed by atoms with van der Waals surface area (Å²) in [6, 6.07) is 16.9. The average Bonchev–Trinajstić information content (AvgIpc) is 3.52. The van der Waals surface area contributed by atoms with Gasteiger partial charge in [0.25, 0.3) is 0 Å². The van der Waals surface area contributed by atoms with Crippen molar-refractivity contribution in [1.29, 1.82) is 0 Å². The number of rotatable bonds is 9. The van der Waals surface area contributed by atoms with Crippen molar-refractivity contribution in [3.8, 4) is 0 Å². The number of nitrogens with zero attached hydrogens (tertiary/aromatic N) is 3. The van der Waals surface area contributed by atoms with Gasteiger partial charge in [-0.3, -0.25) is 4.79 Å². The van der Waals surface area contributed by atoms with Gasteiger partial charge < -0.3 is 9.47 Å². The summed E-state index contributed by atoms with van der Waals surface area (Å²) in [6.07, 6.45) is 3.90. The number of carbonyl (C=O) groups excluding carboxylic acids is 1. The summed E-state index contributed by atoms with van der Waals surface area (Å²) in [4.78, 5) is 15.5. The molecule has 0 saturated heterocycles. The van der Waals surface area contributed by atoms with Crippen molar-refractivity contribution in [2.24, 2.45) is 13.0 Å². The molecule has 1 saturated carbocycles. The van der Waals surface area contributed by atoms with Gasteiger partial charge in [0.05, 0.1) is 18.0 Å². The highest BCUT2D eigenvalue weighted by atomic mass is 32.2. The second kappa shape index (κ2) is 9.08. The van der Waals surface area contributed by atoms with Crippen LogP contribution in [0.1, 0.15) is 32.4 Å². The van der Waals surface area contributed by atoms with Gasteiger partial charge in [-0.25, -0.2) is 8.42 Å². The van der Waals surface area contributed by atoms with Crippen LogP contribution in [0, 0.1) is 5.92 Å². The molecule has 4 rings (SSSR count). The van der Waals surface area contributed by atoms with Crippen LogP contribution in [0.2, 0.25) is 0 Å². The van der Waals surface area contributed by atoms with Gasteiger partial charge in [-0.15, -0.1) is 0 Å². The number of carbonyl (C=O) groups is 1. The van der Waals surface area contributed by atoms with Gasteiger partial charge in [-0.2, -0.15) is 4.31 Å². The number of hydrogen-bond acceptors (Lipinski definition) is 3. The summed E-state index contributed by atoms with van der Waals surface area (Å²) in [5, 5.41) is 1.55. The molecule has 6 nitrogen and oxygen atoms in total. The first kappa shape index (κ1) is 22.6. The van der Waals surface area contributed by atoms with Crippen LogP contribution < -0.4 is 0 Å². The van der Waals surface area contributed by atoms with Crippen molar-refractivity contribution in [3.05, 3.63) is 66.5 Å². The van der Waals surface area contributed by atoms with Gasteiger partial charge in [0, 0.05) is 36.9 Å². The SMILES string of the molecule is CC(C)CN(CC(=O)N(Cc1cccn1C)C1CC1)S(=O)(=O)c1cccc2ccccc12. The summed E-state index contributed by atoms with van der Waals surface area (Å²) in [5.74, 6) is -0.0482. The van der Waals surface area contributed by atoms with Crippen LogP contribution in [0.15, 0.2) is 65.7 Å². The Labute approximate surface area is 190 Å². The molecule has 0 atom stereocenters. The highest BCUT2D eigenvalue weighted by Crippen LogP contribution is 2.30. The van der Waals surface area contributed by atoms with Crippen molar-refractivity contribution in [1.82, 2.24) is 13.8 Å². The molecule has 1 amide bonds. The van der Waals surface area contributed by atoms with Gasteiger partial charge in [-0.05, 0) is 42.3 Å². The molecule has 0 unspecified atom stereocenters. The third-order valence-electron chi connectivity index (χ3n) is 5.94. The fraction of sp³-hybridized carbons (Fsp3) is 0.400. The van der Waals surface area contributed by atoms with Gasteiger partial charge in [0.1, 0.15) is 0 Å². The summed E-state index contributed by atoms with van der Waals surface area (Å²) < 4.78 is 30.9. The Bertz CT molecular complexity index is 1210. The molecule has 0 spiro atoms. The zero-order valence-electron chi connectivity index (χ0n) is 18.9. The molecule has 0 N–H and O–H groups in total. The van der Waals surface area contributed by atoms with Crippen LogP contribution in [0.4, 0.5) is 0 Å². The van der Waals surface area contributed by atoms with Crippen molar-refractivity contribution >= 4 is 26.7 Å². The van der Waals surface area contributed by atoms with E-state index in [4.69, 9.17) is 0 Å². The lowest BCUT2D eigenvalue weighted by Gasteiger charge is -2.28. The summed E-state index contributed by atoms with van der Waals surface area (Å²) in [7, 11) is -1.89. The number of sulfonamides is 1. The number of aromatic nitrogens is 1. The van der Waals surface area contributed by atoms with Crippen molar-refractivity contribution in [2.75, 3.05) is 13.1 Å². The van der Waals surface area contributed by atoms with E-state index in [0.29, 0.717) is 18.5 Å². The molecular weight excluding hydrogens is 422 g/mol. The maximum absolute atomic E-state index is 13.7. The van der Waals surface area contributed by atoms with E-state index in [0.717, 1.165) is 23.9 Å². The second-order valence-electron chi connectivity index (χ2n) is 9.03. The van der Waals surface area contributed by atoms with Gasteiger partial charge >= 0.3 is 0 Å². The van der Waals surface area contributed by atoms with Gasteiger partial charge in [0.2, 0.25) is 15.9 Å². The van der Waals surface area contributed by atoms with E-state index in [1.54, 1.807) is 12.1 Å². The third kappa shape index (κ3) is 4.74. The van der Waals surface area contributed by atoms with Crippen molar-refractivity contribution in [2.45, 2.75) is 44.2 Å². The molecule has 0 radical (unpaired) electrons. The predicted molar refractivity (Wildman–Crippen MR) is 127 cm³/mol. The summed E-state index contributed by atoms with van der Waals surface area (Å²) in [5.41, 5.74) is 1.04. The van der Waals surface area contributed by atoms with Crippen LogP contribution >= 0.6 is 0 Å². The number of amides is 1. The number of benzene rings is 2. The fourth-order valence-corrected chi connectivity index (χ4v) is 5.87. The Morgan fingerprint density at radius 3 is 2.44 bits per heavy atom. The van der Waals surface area contributed by atoms with Crippen LogP contribution in [0.5, 0.6) is 0 Å². The maximum Gasteiger partial charge on any atom is 0.244 e. The van der Waals surface area contributed by atoms with E-state index in [1.165, 1.54) is 4.31 Å². The minimum atomic E-state index is -3.85. The Morgan fingerprint density at radius 2 is 1.78 bits per heavy atom. The van der Waals surface area contributed by atoms with E-state index < -0.39 is 10.0 Å². The normalized spacial score (nSPS) is 14.4. The largest absolute Gasteiger partial charge is 0.353 e. The molecule has 7 heteroatoms. The fourth-order valence-electron chi connectivity index (χ4n) is 4.10. The molecule has 2 aromatic carbocycles. The van der Waals surface area contributed by atoms with Gasteiger partial charge in [0.15, 0.2) is 0 Å². The second-order valence-corrected chi connectivity index (χ2v) is 10.9. The number of aryl methyl sites for hydroxylation is 1. The van der Waals surface area contributed by atoms with Crippen LogP contribution in [-0.4, -0.2) is 47.2 Å². The Morgan fingerprint density at radius 1 is 1.06 bits per heavy atom. The molecule has 1 heterocycles. The topological polar surface area (TPSA) is 62.6 Å². The molecule has 170 valence electrons. The lowest BCUT2D eigenvalue weighted by atomic mass is 10.1. The third-order valence-corrected chi connectivity index (χ3v) is 7.81. The summed E-state index contributed by atoms with van der Waals surface area (Å²) >= 11 is 0. The quantitative estimate of drug-likeness (QED) is 0.492. The van der Waals surface area contributed by atoms with Crippen LogP contribution in [0.3, 0.4) is 0 Å². The molecule has 1 aromatic heterocycles. The van der Waals surface area contributed by atoms with E-state index in [2.05, 4.69) is 0 Å². The van der Waals surface area contributed by atoms with E-state index in [9.17, 15) is 13.2 Å². The highest BCUT2D eigenvalue weighted by Gasteiger charge is 2.36. The van der Waals surface area contributed by atoms with Crippen molar-refractivity contribution < 1.29 is 13.2 Å². The van der Waals surface area contributed by atoms with Gasteiger partial charge in [-0.1, -0.05) is 50.2 Å². The van der Waals surface area contributed by atoms with Crippen LogP contribution in [-0.2, 0) is 28.4 Å². The van der Waals surface area contributed by atoms with E-state index in [-0.39, 0.29) is 29.3 Å². The van der Waals surface area contributed by atoms with Crippen molar-refractivity contribution in [3.63, 3.8) is 0 Å². The molecule has 1 aliphatic rings.